The van der Waals surface area contributed by atoms with Crippen molar-refractivity contribution in [2.45, 2.75) is 32.0 Å². The molecule has 44 heavy (non-hydrogen) atoms. The number of hydrogen-bond donors (Lipinski definition) is 0. The maximum absolute atomic E-state index is 14.4. The standard InChI is InChI=1S/C36H34N6O2/c1-40-24-29(23-39-40)14-17-34(43)42(25-28-12-15-31(16-13-28)35-37-19-7-20-38-35)33(22-27-8-3-2-4-9-27)36(44)41-21-18-30-10-5-6-11-32(30)26-41/h2-17,19-20,23-24,33H,18,21-22,25-26H2,1H3. The van der Waals surface area contributed by atoms with Crippen molar-refractivity contribution in [3.05, 3.63) is 144 Å². The Kier molecular flexibility index (Phi) is 8.68. The molecule has 2 aromatic heterocycles. The van der Waals surface area contributed by atoms with Gasteiger partial charge in [0.1, 0.15) is 6.04 Å². The molecule has 0 fully saturated rings. The summed E-state index contributed by atoms with van der Waals surface area (Å²) in [5.41, 5.74) is 6.01. The van der Waals surface area contributed by atoms with Gasteiger partial charge in [-0.25, -0.2) is 9.97 Å². The lowest BCUT2D eigenvalue weighted by Crippen LogP contribution is -2.52. The van der Waals surface area contributed by atoms with Crippen LogP contribution in [0.3, 0.4) is 0 Å². The van der Waals surface area contributed by atoms with Crippen LogP contribution in [0.5, 0.6) is 0 Å². The highest BCUT2D eigenvalue weighted by Gasteiger charge is 2.34. The van der Waals surface area contributed by atoms with E-state index in [4.69, 9.17) is 0 Å². The van der Waals surface area contributed by atoms with E-state index in [1.807, 2.05) is 84.9 Å². The molecule has 1 unspecified atom stereocenters. The average molecular weight is 583 g/mol. The van der Waals surface area contributed by atoms with E-state index in [0.29, 0.717) is 25.3 Å². The molecule has 0 aliphatic carbocycles. The number of carbonyl (C=O) groups is 2. The summed E-state index contributed by atoms with van der Waals surface area (Å²) in [5, 5.41) is 4.21. The van der Waals surface area contributed by atoms with E-state index in [9.17, 15) is 9.59 Å². The number of hydrogen-bond acceptors (Lipinski definition) is 5. The Balaban J connectivity index is 1.34. The third-order valence-electron chi connectivity index (χ3n) is 7.93. The second-order valence-electron chi connectivity index (χ2n) is 11.0. The Morgan fingerprint density at radius 1 is 0.886 bits per heavy atom. The maximum Gasteiger partial charge on any atom is 0.247 e. The molecule has 1 aliphatic rings. The minimum Gasteiger partial charge on any atom is -0.336 e. The van der Waals surface area contributed by atoms with Gasteiger partial charge < -0.3 is 9.80 Å². The molecule has 3 aromatic carbocycles. The van der Waals surface area contributed by atoms with Crippen molar-refractivity contribution in [1.29, 1.82) is 0 Å². The van der Waals surface area contributed by atoms with Crippen LogP contribution in [-0.4, -0.2) is 53.9 Å². The minimum absolute atomic E-state index is 0.0548. The molecular formula is C36H34N6O2. The smallest absolute Gasteiger partial charge is 0.247 e. The number of aromatic nitrogens is 4. The normalized spacial score (nSPS) is 13.4. The quantitative estimate of drug-likeness (QED) is 0.226. The summed E-state index contributed by atoms with van der Waals surface area (Å²) in [6.07, 6.45) is 11.5. The van der Waals surface area contributed by atoms with Gasteiger partial charge in [-0.2, -0.15) is 5.10 Å². The zero-order valence-electron chi connectivity index (χ0n) is 24.7. The van der Waals surface area contributed by atoms with Gasteiger partial charge in [0, 0.05) is 68.9 Å². The first-order valence-electron chi connectivity index (χ1n) is 14.8. The Morgan fingerprint density at radius 2 is 1.61 bits per heavy atom. The zero-order valence-corrected chi connectivity index (χ0v) is 24.7. The molecule has 0 radical (unpaired) electrons. The lowest BCUT2D eigenvalue weighted by molar-refractivity contribution is -0.144. The molecule has 1 atom stereocenters. The summed E-state index contributed by atoms with van der Waals surface area (Å²) in [4.78, 5) is 40.8. The highest BCUT2D eigenvalue weighted by atomic mass is 16.2. The predicted octanol–water partition coefficient (Wildman–Crippen LogP) is 5.12. The molecule has 0 saturated carbocycles. The van der Waals surface area contributed by atoms with E-state index in [1.165, 1.54) is 5.56 Å². The van der Waals surface area contributed by atoms with E-state index < -0.39 is 6.04 Å². The molecule has 220 valence electrons. The van der Waals surface area contributed by atoms with Crippen LogP contribution >= 0.6 is 0 Å². The lowest BCUT2D eigenvalue weighted by atomic mass is 9.97. The molecule has 0 saturated heterocycles. The zero-order chi connectivity index (χ0) is 30.3. The molecule has 0 spiro atoms. The van der Waals surface area contributed by atoms with Crippen LogP contribution < -0.4 is 0 Å². The van der Waals surface area contributed by atoms with E-state index in [2.05, 4.69) is 27.2 Å². The summed E-state index contributed by atoms with van der Waals surface area (Å²) in [6, 6.07) is 27.1. The number of benzene rings is 3. The fraction of sp³-hybridized carbons (Fsp3) is 0.194. The Bertz CT molecular complexity index is 1750. The molecule has 2 amide bonds. The summed E-state index contributed by atoms with van der Waals surface area (Å²) in [7, 11) is 1.83. The van der Waals surface area contributed by atoms with Gasteiger partial charge >= 0.3 is 0 Å². The van der Waals surface area contributed by atoms with Gasteiger partial charge in [0.25, 0.3) is 0 Å². The average Bonchev–Trinajstić information content (AvgIpc) is 3.50. The van der Waals surface area contributed by atoms with E-state index in [0.717, 1.165) is 34.2 Å². The first kappa shape index (κ1) is 28.7. The van der Waals surface area contributed by atoms with Crippen molar-refractivity contribution in [2.75, 3.05) is 6.54 Å². The Labute approximate surface area is 257 Å². The summed E-state index contributed by atoms with van der Waals surface area (Å²) in [5.74, 6) is 0.339. The molecule has 3 heterocycles. The van der Waals surface area contributed by atoms with Crippen molar-refractivity contribution < 1.29 is 9.59 Å². The van der Waals surface area contributed by atoms with Crippen molar-refractivity contribution in [3.63, 3.8) is 0 Å². The Hall–Kier alpha value is -5.37. The lowest BCUT2D eigenvalue weighted by Gasteiger charge is -2.37. The third kappa shape index (κ3) is 6.81. The van der Waals surface area contributed by atoms with Gasteiger partial charge in [0.15, 0.2) is 5.82 Å². The molecule has 0 bridgehead atoms. The first-order valence-corrected chi connectivity index (χ1v) is 14.8. The molecule has 8 nitrogen and oxygen atoms in total. The third-order valence-corrected chi connectivity index (χ3v) is 7.93. The van der Waals surface area contributed by atoms with Gasteiger partial charge in [-0.15, -0.1) is 0 Å². The maximum atomic E-state index is 14.4. The molecular weight excluding hydrogens is 548 g/mol. The van der Waals surface area contributed by atoms with E-state index in [-0.39, 0.29) is 18.4 Å². The number of fused-ring (bicyclic) bond motifs is 1. The molecule has 8 heteroatoms. The number of amides is 2. The number of rotatable bonds is 9. The van der Waals surface area contributed by atoms with Crippen LogP contribution in [0.25, 0.3) is 17.5 Å². The monoisotopic (exact) mass is 582 g/mol. The van der Waals surface area contributed by atoms with Crippen LogP contribution in [0, 0.1) is 0 Å². The summed E-state index contributed by atoms with van der Waals surface area (Å²) >= 11 is 0. The number of carbonyl (C=O) groups excluding carboxylic acids is 2. The summed E-state index contributed by atoms with van der Waals surface area (Å²) in [6.45, 7) is 1.40. The van der Waals surface area contributed by atoms with Crippen LogP contribution in [-0.2, 0) is 42.6 Å². The Morgan fingerprint density at radius 3 is 2.34 bits per heavy atom. The molecule has 0 N–H and O–H groups in total. The predicted molar refractivity (Wildman–Crippen MR) is 170 cm³/mol. The van der Waals surface area contributed by atoms with Gasteiger partial charge in [-0.3, -0.25) is 14.3 Å². The van der Waals surface area contributed by atoms with Crippen LogP contribution in [0.15, 0.2) is 116 Å². The molecule has 6 rings (SSSR count). The fourth-order valence-electron chi connectivity index (χ4n) is 5.60. The minimum atomic E-state index is -0.703. The van der Waals surface area contributed by atoms with Crippen LogP contribution in [0.4, 0.5) is 0 Å². The second-order valence-corrected chi connectivity index (χ2v) is 11.0. The van der Waals surface area contributed by atoms with E-state index in [1.54, 1.807) is 46.4 Å². The van der Waals surface area contributed by atoms with E-state index >= 15 is 0 Å². The van der Waals surface area contributed by atoms with Crippen molar-refractivity contribution >= 4 is 17.9 Å². The fourth-order valence-corrected chi connectivity index (χ4v) is 5.60. The van der Waals surface area contributed by atoms with Crippen molar-refractivity contribution in [1.82, 2.24) is 29.5 Å². The van der Waals surface area contributed by atoms with Crippen molar-refractivity contribution in [2.24, 2.45) is 7.05 Å². The van der Waals surface area contributed by atoms with Gasteiger partial charge in [0.05, 0.1) is 6.20 Å². The first-order chi connectivity index (χ1) is 21.5. The van der Waals surface area contributed by atoms with Gasteiger partial charge in [-0.1, -0.05) is 78.9 Å². The highest BCUT2D eigenvalue weighted by Crippen LogP contribution is 2.24. The van der Waals surface area contributed by atoms with Crippen LogP contribution in [0.1, 0.15) is 27.8 Å². The van der Waals surface area contributed by atoms with Crippen molar-refractivity contribution in [3.8, 4) is 11.4 Å². The van der Waals surface area contributed by atoms with Gasteiger partial charge in [0.2, 0.25) is 11.8 Å². The molecule has 1 aliphatic heterocycles. The topological polar surface area (TPSA) is 84.2 Å². The summed E-state index contributed by atoms with van der Waals surface area (Å²) < 4.78 is 1.69. The highest BCUT2D eigenvalue weighted by molar-refractivity contribution is 5.95. The second kappa shape index (κ2) is 13.3. The van der Waals surface area contributed by atoms with Gasteiger partial charge in [-0.05, 0) is 40.8 Å². The largest absolute Gasteiger partial charge is 0.336 e. The number of nitrogens with zero attached hydrogens (tertiary/aromatic N) is 6. The molecule has 5 aromatic rings. The number of aryl methyl sites for hydroxylation is 1. The SMILES string of the molecule is Cn1cc(C=CC(=O)N(Cc2ccc(-c3ncccn3)cc2)C(Cc2ccccc2)C(=O)N2CCc3ccccc3C2)cn1. The van der Waals surface area contributed by atoms with Crippen LogP contribution in [0.2, 0.25) is 0 Å².